The highest BCUT2D eigenvalue weighted by Gasteiger charge is 2.25. The molecule has 0 amide bonds. The molecule has 0 radical (unpaired) electrons. The number of imidazole rings is 1. The van der Waals surface area contributed by atoms with Gasteiger partial charge in [-0.1, -0.05) is 141 Å². The lowest BCUT2D eigenvalue weighted by Gasteiger charge is -2.31. The number of aromatic nitrogens is 2. The molecular formula is C35H60N2O2. The first kappa shape index (κ1) is 33.6. The standard InChI is InChI=1S/C35H60N2O2/c1-4-35(3,5-2)29-34(39-30-33-23-19-18-20-24-33)31-38-28-22-17-15-13-11-9-7-6-8-10-12-14-16-21-26-37-27-25-36-32-37/h18-20,23-25,27,32,34H,4-17,21-22,26,28-31H2,1-3H3. The Bertz CT molecular complexity index is 773. The summed E-state index contributed by atoms with van der Waals surface area (Å²) < 4.78 is 14.6. The van der Waals surface area contributed by atoms with Crippen molar-refractivity contribution in [3.05, 3.63) is 54.6 Å². The van der Waals surface area contributed by atoms with Gasteiger partial charge in [-0.05, 0) is 30.2 Å². The maximum atomic E-state index is 6.34. The Kier molecular flexibility index (Phi) is 19.0. The normalized spacial score (nSPS) is 12.7. The highest BCUT2D eigenvalue weighted by Crippen LogP contribution is 2.32. The minimum absolute atomic E-state index is 0.169. The van der Waals surface area contributed by atoms with Crippen molar-refractivity contribution >= 4 is 0 Å². The number of ether oxygens (including phenoxy) is 2. The van der Waals surface area contributed by atoms with Crippen LogP contribution in [0.3, 0.4) is 0 Å². The number of hydrogen-bond acceptors (Lipinski definition) is 3. The van der Waals surface area contributed by atoms with Crippen LogP contribution in [0, 0.1) is 5.41 Å². The summed E-state index contributed by atoms with van der Waals surface area (Å²) in [6.07, 6.45) is 28.6. The highest BCUT2D eigenvalue weighted by atomic mass is 16.5. The fraction of sp³-hybridized carbons (Fsp3) is 0.743. The maximum Gasteiger partial charge on any atom is 0.0945 e. The molecule has 0 spiro atoms. The van der Waals surface area contributed by atoms with E-state index in [4.69, 9.17) is 9.47 Å². The van der Waals surface area contributed by atoms with Crippen LogP contribution in [0.15, 0.2) is 49.1 Å². The summed E-state index contributed by atoms with van der Waals surface area (Å²) in [5.74, 6) is 0. The minimum Gasteiger partial charge on any atom is -0.379 e. The number of benzene rings is 1. The Morgan fingerprint density at radius 3 is 1.87 bits per heavy atom. The van der Waals surface area contributed by atoms with Gasteiger partial charge in [0.1, 0.15) is 0 Å². The van der Waals surface area contributed by atoms with E-state index in [-0.39, 0.29) is 6.10 Å². The Balaban J connectivity index is 1.39. The second-order valence-corrected chi connectivity index (χ2v) is 12.0. The van der Waals surface area contributed by atoms with E-state index in [1.54, 1.807) is 0 Å². The zero-order valence-electron chi connectivity index (χ0n) is 25.8. The van der Waals surface area contributed by atoms with Crippen molar-refractivity contribution in [2.75, 3.05) is 13.2 Å². The van der Waals surface area contributed by atoms with Gasteiger partial charge >= 0.3 is 0 Å². The quantitative estimate of drug-likeness (QED) is 0.111. The molecule has 0 aliphatic heterocycles. The van der Waals surface area contributed by atoms with E-state index in [1.807, 2.05) is 12.5 Å². The maximum absolute atomic E-state index is 6.34. The lowest BCUT2D eigenvalue weighted by Crippen LogP contribution is -2.28. The molecule has 0 aliphatic carbocycles. The van der Waals surface area contributed by atoms with E-state index < -0.39 is 0 Å². The first-order valence-electron chi connectivity index (χ1n) is 16.3. The number of aryl methyl sites for hydroxylation is 1. The van der Waals surface area contributed by atoms with Crippen molar-refractivity contribution in [2.45, 2.75) is 149 Å². The molecule has 1 aromatic carbocycles. The second kappa shape index (κ2) is 22.1. The summed E-state index contributed by atoms with van der Waals surface area (Å²) in [7, 11) is 0. The molecule has 0 saturated heterocycles. The van der Waals surface area contributed by atoms with Gasteiger partial charge in [-0.25, -0.2) is 4.98 Å². The van der Waals surface area contributed by atoms with Gasteiger partial charge in [0.25, 0.3) is 0 Å². The molecule has 0 bridgehead atoms. The first-order valence-corrected chi connectivity index (χ1v) is 16.3. The summed E-state index contributed by atoms with van der Waals surface area (Å²) in [4.78, 5) is 4.10. The molecule has 0 N–H and O–H groups in total. The number of unbranched alkanes of at least 4 members (excludes halogenated alkanes) is 13. The number of hydrogen-bond donors (Lipinski definition) is 0. The fourth-order valence-electron chi connectivity index (χ4n) is 5.30. The zero-order chi connectivity index (χ0) is 27.9. The molecule has 1 atom stereocenters. The lowest BCUT2D eigenvalue weighted by molar-refractivity contribution is -0.0480. The Labute approximate surface area is 241 Å². The molecule has 1 heterocycles. The SMILES string of the molecule is CCC(C)(CC)CC(COCCCCCCCCCCCCCCCCn1ccnc1)OCc1ccccc1. The molecule has 1 unspecified atom stereocenters. The molecule has 4 heteroatoms. The van der Waals surface area contributed by atoms with Crippen LogP contribution in [-0.2, 0) is 22.6 Å². The molecule has 222 valence electrons. The molecule has 0 saturated carbocycles. The first-order chi connectivity index (χ1) is 19.1. The van der Waals surface area contributed by atoms with Gasteiger partial charge in [0.15, 0.2) is 0 Å². The lowest BCUT2D eigenvalue weighted by atomic mass is 9.79. The Morgan fingerprint density at radius 1 is 0.769 bits per heavy atom. The minimum atomic E-state index is 0.169. The number of nitrogens with zero attached hydrogens (tertiary/aromatic N) is 2. The van der Waals surface area contributed by atoms with Crippen molar-refractivity contribution in [1.82, 2.24) is 9.55 Å². The van der Waals surface area contributed by atoms with Crippen molar-refractivity contribution < 1.29 is 9.47 Å². The largest absolute Gasteiger partial charge is 0.379 e. The van der Waals surface area contributed by atoms with Crippen LogP contribution in [0.4, 0.5) is 0 Å². The molecule has 2 rings (SSSR count). The van der Waals surface area contributed by atoms with E-state index in [9.17, 15) is 0 Å². The van der Waals surface area contributed by atoms with Crippen LogP contribution in [0.1, 0.15) is 135 Å². The number of rotatable bonds is 26. The molecule has 1 aromatic heterocycles. The van der Waals surface area contributed by atoms with Crippen molar-refractivity contribution in [3.63, 3.8) is 0 Å². The molecule has 39 heavy (non-hydrogen) atoms. The van der Waals surface area contributed by atoms with E-state index >= 15 is 0 Å². The van der Waals surface area contributed by atoms with Gasteiger partial charge in [0, 0.05) is 25.5 Å². The third kappa shape index (κ3) is 16.9. The summed E-state index contributed by atoms with van der Waals surface area (Å²) in [5, 5.41) is 0. The predicted octanol–water partition coefficient (Wildman–Crippen LogP) is 10.2. The van der Waals surface area contributed by atoms with Crippen molar-refractivity contribution in [1.29, 1.82) is 0 Å². The summed E-state index contributed by atoms with van der Waals surface area (Å²) in [5.41, 5.74) is 1.57. The smallest absolute Gasteiger partial charge is 0.0945 e. The van der Waals surface area contributed by atoms with E-state index in [2.05, 4.69) is 66.9 Å². The highest BCUT2D eigenvalue weighted by molar-refractivity contribution is 5.13. The van der Waals surface area contributed by atoms with Crippen LogP contribution in [0.2, 0.25) is 0 Å². The summed E-state index contributed by atoms with van der Waals surface area (Å²) in [6, 6.07) is 10.5. The molecular weight excluding hydrogens is 480 g/mol. The second-order valence-electron chi connectivity index (χ2n) is 12.0. The predicted molar refractivity (Wildman–Crippen MR) is 166 cm³/mol. The Hall–Kier alpha value is -1.65. The van der Waals surface area contributed by atoms with Gasteiger partial charge in [0.05, 0.1) is 25.6 Å². The van der Waals surface area contributed by atoms with E-state index in [1.165, 1.54) is 108 Å². The van der Waals surface area contributed by atoms with E-state index in [0.29, 0.717) is 18.6 Å². The Morgan fingerprint density at radius 2 is 1.33 bits per heavy atom. The average Bonchev–Trinajstić information content (AvgIpc) is 3.49. The van der Waals surface area contributed by atoms with Crippen LogP contribution in [0.5, 0.6) is 0 Å². The third-order valence-electron chi connectivity index (χ3n) is 8.57. The van der Waals surface area contributed by atoms with Crippen molar-refractivity contribution in [3.8, 4) is 0 Å². The topological polar surface area (TPSA) is 36.3 Å². The van der Waals surface area contributed by atoms with Crippen LogP contribution in [0.25, 0.3) is 0 Å². The van der Waals surface area contributed by atoms with Gasteiger partial charge < -0.3 is 14.0 Å². The van der Waals surface area contributed by atoms with Crippen LogP contribution >= 0.6 is 0 Å². The zero-order valence-corrected chi connectivity index (χ0v) is 25.8. The molecule has 4 nitrogen and oxygen atoms in total. The summed E-state index contributed by atoms with van der Waals surface area (Å²) in [6.45, 7) is 10.4. The monoisotopic (exact) mass is 540 g/mol. The molecule has 0 aliphatic rings. The van der Waals surface area contributed by atoms with E-state index in [0.717, 1.165) is 19.6 Å². The average molecular weight is 541 g/mol. The van der Waals surface area contributed by atoms with Crippen LogP contribution < -0.4 is 0 Å². The fourth-order valence-corrected chi connectivity index (χ4v) is 5.30. The molecule has 2 aromatic rings. The summed E-state index contributed by atoms with van der Waals surface area (Å²) >= 11 is 0. The third-order valence-corrected chi connectivity index (χ3v) is 8.57. The van der Waals surface area contributed by atoms with Gasteiger partial charge in [0.2, 0.25) is 0 Å². The molecule has 0 fully saturated rings. The van der Waals surface area contributed by atoms with Gasteiger partial charge in [-0.15, -0.1) is 0 Å². The van der Waals surface area contributed by atoms with Crippen LogP contribution in [-0.4, -0.2) is 28.9 Å². The van der Waals surface area contributed by atoms with Gasteiger partial charge in [-0.3, -0.25) is 0 Å². The van der Waals surface area contributed by atoms with Gasteiger partial charge in [-0.2, -0.15) is 0 Å². The van der Waals surface area contributed by atoms with Crippen molar-refractivity contribution in [2.24, 2.45) is 5.41 Å².